The minimum atomic E-state index is -0.0144. The summed E-state index contributed by atoms with van der Waals surface area (Å²) in [4.78, 5) is 29.6. The summed E-state index contributed by atoms with van der Waals surface area (Å²) < 4.78 is 6.23. The molecule has 0 bridgehead atoms. The SMILES string of the molecule is COc1ccnc(N2CCN(C(=O)c3nc4cnccc4s3)CC2)c1. The molecule has 7 nitrogen and oxygen atoms in total. The van der Waals surface area contributed by atoms with Gasteiger partial charge in [0.2, 0.25) is 0 Å². The summed E-state index contributed by atoms with van der Waals surface area (Å²) in [5.41, 5.74) is 0.773. The fourth-order valence-corrected chi connectivity index (χ4v) is 3.75. The molecule has 4 rings (SSSR count). The average Bonchev–Trinajstić information content (AvgIpc) is 3.12. The van der Waals surface area contributed by atoms with E-state index in [4.69, 9.17) is 4.74 Å². The van der Waals surface area contributed by atoms with E-state index in [0.717, 1.165) is 34.9 Å². The van der Waals surface area contributed by atoms with Crippen LogP contribution in [0.1, 0.15) is 9.80 Å². The Morgan fingerprint density at radius 1 is 1.20 bits per heavy atom. The summed E-state index contributed by atoms with van der Waals surface area (Å²) >= 11 is 1.42. The van der Waals surface area contributed by atoms with E-state index in [1.807, 2.05) is 23.1 Å². The van der Waals surface area contributed by atoms with Crippen molar-refractivity contribution in [3.8, 4) is 5.75 Å². The summed E-state index contributed by atoms with van der Waals surface area (Å²) in [7, 11) is 1.64. The number of hydrogen-bond donors (Lipinski definition) is 0. The molecule has 0 N–H and O–H groups in total. The van der Waals surface area contributed by atoms with Crippen LogP contribution in [-0.4, -0.2) is 59.0 Å². The number of pyridine rings is 2. The van der Waals surface area contributed by atoms with Crippen molar-refractivity contribution in [1.82, 2.24) is 19.9 Å². The first-order chi connectivity index (χ1) is 12.2. The van der Waals surface area contributed by atoms with Crippen molar-refractivity contribution in [2.24, 2.45) is 0 Å². The molecule has 1 amide bonds. The second-order valence-electron chi connectivity index (χ2n) is 5.70. The van der Waals surface area contributed by atoms with Crippen LogP contribution in [0.25, 0.3) is 10.2 Å². The van der Waals surface area contributed by atoms with E-state index in [0.29, 0.717) is 18.1 Å². The smallest absolute Gasteiger partial charge is 0.282 e. The molecule has 1 aliphatic heterocycles. The topological polar surface area (TPSA) is 71.5 Å². The Morgan fingerprint density at radius 2 is 2.04 bits per heavy atom. The van der Waals surface area contributed by atoms with Crippen molar-refractivity contribution in [2.75, 3.05) is 38.2 Å². The van der Waals surface area contributed by atoms with Crippen LogP contribution in [-0.2, 0) is 0 Å². The van der Waals surface area contributed by atoms with Crippen molar-refractivity contribution in [2.45, 2.75) is 0 Å². The summed E-state index contributed by atoms with van der Waals surface area (Å²) in [6, 6.07) is 5.62. The van der Waals surface area contributed by atoms with Gasteiger partial charge < -0.3 is 14.5 Å². The zero-order valence-corrected chi connectivity index (χ0v) is 14.6. The number of aromatic nitrogens is 3. The second kappa shape index (κ2) is 6.64. The second-order valence-corrected chi connectivity index (χ2v) is 6.73. The Bertz CT molecular complexity index is 872. The maximum atomic E-state index is 12.7. The van der Waals surface area contributed by atoms with Gasteiger partial charge in [0.15, 0.2) is 5.01 Å². The number of nitrogens with zero attached hydrogens (tertiary/aromatic N) is 5. The van der Waals surface area contributed by atoms with Gasteiger partial charge in [0, 0.05) is 44.6 Å². The Balaban J connectivity index is 1.45. The van der Waals surface area contributed by atoms with E-state index < -0.39 is 0 Å². The number of thiazole rings is 1. The van der Waals surface area contributed by atoms with Crippen LogP contribution >= 0.6 is 11.3 Å². The molecule has 3 aromatic rings. The lowest BCUT2D eigenvalue weighted by molar-refractivity contribution is 0.0746. The van der Waals surface area contributed by atoms with Gasteiger partial charge in [-0.05, 0) is 12.1 Å². The predicted octanol–water partition coefficient (Wildman–Crippen LogP) is 2.06. The van der Waals surface area contributed by atoms with Crippen molar-refractivity contribution in [1.29, 1.82) is 0 Å². The number of piperazine rings is 1. The van der Waals surface area contributed by atoms with Crippen LogP contribution < -0.4 is 9.64 Å². The maximum absolute atomic E-state index is 12.7. The molecule has 1 aliphatic rings. The molecule has 1 fully saturated rings. The third kappa shape index (κ3) is 3.12. The molecule has 0 unspecified atom stereocenters. The van der Waals surface area contributed by atoms with Crippen LogP contribution in [0.2, 0.25) is 0 Å². The molecule has 25 heavy (non-hydrogen) atoms. The number of amides is 1. The fraction of sp³-hybridized carbons (Fsp3) is 0.294. The van der Waals surface area contributed by atoms with Gasteiger partial charge in [0.25, 0.3) is 5.91 Å². The quantitative estimate of drug-likeness (QED) is 0.716. The number of anilines is 1. The maximum Gasteiger partial charge on any atom is 0.282 e. The molecule has 3 aromatic heterocycles. The van der Waals surface area contributed by atoms with Gasteiger partial charge in [0.1, 0.15) is 17.1 Å². The van der Waals surface area contributed by atoms with E-state index in [2.05, 4.69) is 19.9 Å². The molecule has 0 aliphatic carbocycles. The average molecular weight is 355 g/mol. The molecule has 1 saturated heterocycles. The number of ether oxygens (including phenoxy) is 1. The van der Waals surface area contributed by atoms with Crippen molar-refractivity contribution < 1.29 is 9.53 Å². The van der Waals surface area contributed by atoms with Crippen LogP contribution in [0.4, 0.5) is 5.82 Å². The molecular formula is C17H17N5O2S. The minimum absolute atomic E-state index is 0.0144. The van der Waals surface area contributed by atoms with E-state index in [1.54, 1.807) is 25.7 Å². The third-order valence-electron chi connectivity index (χ3n) is 4.22. The highest BCUT2D eigenvalue weighted by Crippen LogP contribution is 2.23. The lowest BCUT2D eigenvalue weighted by Crippen LogP contribution is -2.49. The van der Waals surface area contributed by atoms with E-state index >= 15 is 0 Å². The Hall–Kier alpha value is -2.74. The lowest BCUT2D eigenvalue weighted by Gasteiger charge is -2.35. The summed E-state index contributed by atoms with van der Waals surface area (Å²) in [5, 5.41) is 0.524. The molecule has 0 atom stereocenters. The molecule has 0 radical (unpaired) electrons. The predicted molar refractivity (Wildman–Crippen MR) is 96.3 cm³/mol. The summed E-state index contributed by atoms with van der Waals surface area (Å²) in [6.45, 7) is 2.76. The molecule has 128 valence electrons. The number of fused-ring (bicyclic) bond motifs is 1. The zero-order chi connectivity index (χ0) is 17.2. The number of hydrogen-bond acceptors (Lipinski definition) is 7. The van der Waals surface area contributed by atoms with Gasteiger partial charge in [-0.2, -0.15) is 0 Å². The first-order valence-corrected chi connectivity index (χ1v) is 8.81. The number of carbonyl (C=O) groups is 1. The van der Waals surface area contributed by atoms with Crippen LogP contribution in [0.3, 0.4) is 0 Å². The number of methoxy groups -OCH3 is 1. The first-order valence-electron chi connectivity index (χ1n) is 7.99. The Kier molecular flexibility index (Phi) is 4.19. The highest BCUT2D eigenvalue weighted by molar-refractivity contribution is 7.20. The molecule has 0 spiro atoms. The van der Waals surface area contributed by atoms with Gasteiger partial charge in [-0.1, -0.05) is 0 Å². The molecule has 0 aromatic carbocycles. The highest BCUT2D eigenvalue weighted by Gasteiger charge is 2.25. The highest BCUT2D eigenvalue weighted by atomic mass is 32.1. The van der Waals surface area contributed by atoms with Crippen LogP contribution in [0, 0.1) is 0 Å². The van der Waals surface area contributed by atoms with Gasteiger partial charge in [-0.3, -0.25) is 9.78 Å². The largest absolute Gasteiger partial charge is 0.497 e. The van der Waals surface area contributed by atoms with Crippen LogP contribution in [0.5, 0.6) is 5.75 Å². The Labute approximate surface area is 148 Å². The summed E-state index contributed by atoms with van der Waals surface area (Å²) in [6.07, 6.45) is 5.14. The molecule has 4 heterocycles. The first kappa shape index (κ1) is 15.8. The third-order valence-corrected chi connectivity index (χ3v) is 5.24. The van der Waals surface area contributed by atoms with Gasteiger partial charge in [0.05, 0.1) is 18.0 Å². The molecular weight excluding hydrogens is 338 g/mol. The molecule has 0 saturated carbocycles. The van der Waals surface area contributed by atoms with Gasteiger partial charge >= 0.3 is 0 Å². The normalized spacial score (nSPS) is 14.8. The van der Waals surface area contributed by atoms with Crippen molar-refractivity contribution in [3.63, 3.8) is 0 Å². The van der Waals surface area contributed by atoms with E-state index in [-0.39, 0.29) is 5.91 Å². The monoisotopic (exact) mass is 355 g/mol. The van der Waals surface area contributed by atoms with Gasteiger partial charge in [-0.15, -0.1) is 11.3 Å². The van der Waals surface area contributed by atoms with Gasteiger partial charge in [-0.25, -0.2) is 9.97 Å². The number of rotatable bonds is 3. The minimum Gasteiger partial charge on any atom is -0.497 e. The summed E-state index contributed by atoms with van der Waals surface area (Å²) in [5.74, 6) is 1.64. The molecule has 8 heteroatoms. The van der Waals surface area contributed by atoms with Crippen molar-refractivity contribution in [3.05, 3.63) is 41.8 Å². The van der Waals surface area contributed by atoms with E-state index in [1.165, 1.54) is 11.3 Å². The standard InChI is InChI=1S/C17H17N5O2S/c1-24-12-2-5-19-15(10-12)21-6-8-22(9-7-21)17(23)16-20-13-11-18-4-3-14(13)25-16/h2-5,10-11H,6-9H2,1H3. The van der Waals surface area contributed by atoms with Crippen molar-refractivity contribution >= 4 is 33.3 Å². The van der Waals surface area contributed by atoms with E-state index in [9.17, 15) is 4.79 Å². The fourth-order valence-electron chi connectivity index (χ4n) is 2.85. The Morgan fingerprint density at radius 3 is 2.80 bits per heavy atom. The zero-order valence-electron chi connectivity index (χ0n) is 13.8. The lowest BCUT2D eigenvalue weighted by atomic mass is 10.3. The van der Waals surface area contributed by atoms with Crippen LogP contribution in [0.15, 0.2) is 36.8 Å². The number of carbonyl (C=O) groups excluding carboxylic acids is 1.